The summed E-state index contributed by atoms with van der Waals surface area (Å²) in [5.74, 6) is 0.388. The maximum atomic E-state index is 13.6. The number of thiophene rings is 1. The fourth-order valence-electron chi connectivity index (χ4n) is 4.06. The van der Waals surface area contributed by atoms with Crippen molar-refractivity contribution in [2.75, 3.05) is 11.9 Å². The van der Waals surface area contributed by atoms with Crippen molar-refractivity contribution < 1.29 is 9.53 Å². The standard InChI is InChI=1S/C29H19Cl2N3O2S/c1-2-36-19-7-5-6-17(12-19)27-14-22(21-8-3-4-9-26(21)33-27)28(35)34-29-23(15-32)24(16-37-29)20-11-10-18(30)13-25(20)31/h3-14,16H,2H2,1H3,(H,34,35). The smallest absolute Gasteiger partial charge is 0.257 e. The maximum absolute atomic E-state index is 13.6. The van der Waals surface area contributed by atoms with Gasteiger partial charge in [0, 0.05) is 37.5 Å². The molecule has 0 saturated heterocycles. The zero-order valence-electron chi connectivity index (χ0n) is 19.6. The number of nitrogens with zero attached hydrogens (tertiary/aromatic N) is 2. The van der Waals surface area contributed by atoms with Crippen LogP contribution in [0.4, 0.5) is 5.00 Å². The van der Waals surface area contributed by atoms with Crippen molar-refractivity contribution >= 4 is 56.3 Å². The molecular formula is C29H19Cl2N3O2S. The summed E-state index contributed by atoms with van der Waals surface area (Å²) < 4.78 is 5.64. The number of benzene rings is 3. The number of nitrogens with one attached hydrogen (secondary N) is 1. The second-order valence-corrected chi connectivity index (χ2v) is 9.80. The van der Waals surface area contributed by atoms with Gasteiger partial charge in [-0.05, 0) is 43.3 Å². The Bertz CT molecular complexity index is 1690. The lowest BCUT2D eigenvalue weighted by atomic mass is 10.0. The molecule has 0 radical (unpaired) electrons. The SMILES string of the molecule is CCOc1cccc(-c2cc(C(=O)Nc3scc(-c4ccc(Cl)cc4Cl)c3C#N)c3ccccc3n2)c1. The van der Waals surface area contributed by atoms with Crippen LogP contribution in [-0.4, -0.2) is 17.5 Å². The molecule has 0 aliphatic carbocycles. The molecule has 1 amide bonds. The second kappa shape index (κ2) is 10.6. The molecule has 1 N–H and O–H groups in total. The molecule has 182 valence electrons. The normalized spacial score (nSPS) is 10.8. The van der Waals surface area contributed by atoms with Crippen LogP contribution in [0, 0.1) is 11.3 Å². The number of carbonyl (C=O) groups is 1. The number of ether oxygens (including phenoxy) is 1. The third kappa shape index (κ3) is 5.03. The number of fused-ring (bicyclic) bond motifs is 1. The van der Waals surface area contributed by atoms with Crippen molar-refractivity contribution in [1.29, 1.82) is 5.26 Å². The van der Waals surface area contributed by atoms with Gasteiger partial charge >= 0.3 is 0 Å². The highest BCUT2D eigenvalue weighted by Crippen LogP contribution is 2.39. The zero-order chi connectivity index (χ0) is 25.9. The molecule has 5 aromatic rings. The van der Waals surface area contributed by atoms with Gasteiger partial charge in [0.25, 0.3) is 5.91 Å². The van der Waals surface area contributed by atoms with E-state index < -0.39 is 0 Å². The van der Waals surface area contributed by atoms with Crippen LogP contribution in [0.1, 0.15) is 22.8 Å². The molecule has 2 aromatic heterocycles. The summed E-state index contributed by atoms with van der Waals surface area (Å²) in [5, 5.41) is 16.7. The number of halogens is 2. The first-order chi connectivity index (χ1) is 18.0. The molecule has 0 bridgehead atoms. The minimum atomic E-state index is -0.340. The van der Waals surface area contributed by atoms with Gasteiger partial charge < -0.3 is 10.1 Å². The molecule has 5 nitrogen and oxygen atoms in total. The van der Waals surface area contributed by atoms with E-state index >= 15 is 0 Å². The fourth-order valence-corrected chi connectivity index (χ4v) is 5.48. The number of nitriles is 1. The molecule has 5 rings (SSSR count). The van der Waals surface area contributed by atoms with Crippen LogP contribution in [0.15, 0.2) is 78.2 Å². The van der Waals surface area contributed by atoms with Crippen molar-refractivity contribution in [3.8, 4) is 34.2 Å². The van der Waals surface area contributed by atoms with Crippen LogP contribution in [0.2, 0.25) is 10.0 Å². The van der Waals surface area contributed by atoms with Gasteiger partial charge in [0.05, 0.1) is 28.9 Å². The number of amides is 1. The number of pyridine rings is 1. The Morgan fingerprint density at radius 1 is 1.05 bits per heavy atom. The molecule has 8 heteroatoms. The van der Waals surface area contributed by atoms with Crippen molar-refractivity contribution in [2.24, 2.45) is 0 Å². The number of hydrogen-bond donors (Lipinski definition) is 1. The zero-order valence-corrected chi connectivity index (χ0v) is 21.9. The van der Waals surface area contributed by atoms with Crippen molar-refractivity contribution in [2.45, 2.75) is 6.92 Å². The van der Waals surface area contributed by atoms with Crippen LogP contribution >= 0.6 is 34.5 Å². The van der Waals surface area contributed by atoms with E-state index in [9.17, 15) is 10.1 Å². The number of para-hydroxylation sites is 1. The van der Waals surface area contributed by atoms with E-state index in [0.717, 1.165) is 11.3 Å². The minimum Gasteiger partial charge on any atom is -0.494 e. The summed E-state index contributed by atoms with van der Waals surface area (Å²) >= 11 is 13.7. The van der Waals surface area contributed by atoms with E-state index in [2.05, 4.69) is 11.4 Å². The van der Waals surface area contributed by atoms with Gasteiger partial charge in [0.1, 0.15) is 16.8 Å². The molecule has 0 spiro atoms. The molecule has 0 saturated carbocycles. The predicted octanol–water partition coefficient (Wildman–Crippen LogP) is 8.46. The number of hydrogen-bond acceptors (Lipinski definition) is 5. The highest BCUT2D eigenvalue weighted by Gasteiger charge is 2.20. The fraction of sp³-hybridized carbons (Fsp3) is 0.0690. The molecule has 0 aliphatic heterocycles. The lowest BCUT2D eigenvalue weighted by molar-refractivity contribution is 0.102. The molecule has 37 heavy (non-hydrogen) atoms. The summed E-state index contributed by atoms with van der Waals surface area (Å²) in [6, 6.07) is 24.2. The summed E-state index contributed by atoms with van der Waals surface area (Å²) in [4.78, 5) is 18.4. The van der Waals surface area contributed by atoms with E-state index in [1.165, 1.54) is 11.3 Å². The van der Waals surface area contributed by atoms with Crippen LogP contribution < -0.4 is 10.1 Å². The Morgan fingerprint density at radius 3 is 2.68 bits per heavy atom. The summed E-state index contributed by atoms with van der Waals surface area (Å²) in [6.45, 7) is 2.48. The predicted molar refractivity (Wildman–Crippen MR) is 151 cm³/mol. The molecule has 0 atom stereocenters. The second-order valence-electron chi connectivity index (χ2n) is 8.08. The Hall–Kier alpha value is -3.89. The first kappa shape index (κ1) is 24.8. The van der Waals surface area contributed by atoms with Gasteiger partial charge in [-0.15, -0.1) is 11.3 Å². The molecule has 0 aliphatic rings. The molecule has 3 aromatic carbocycles. The monoisotopic (exact) mass is 543 g/mol. The van der Waals surface area contributed by atoms with Crippen molar-refractivity contribution in [3.05, 3.63) is 99.3 Å². The van der Waals surface area contributed by atoms with Crippen LogP contribution in [0.3, 0.4) is 0 Å². The summed E-state index contributed by atoms with van der Waals surface area (Å²) in [7, 11) is 0. The van der Waals surface area contributed by atoms with Crippen LogP contribution in [-0.2, 0) is 0 Å². The lowest BCUT2D eigenvalue weighted by Crippen LogP contribution is -2.13. The van der Waals surface area contributed by atoms with Gasteiger partial charge in [0.15, 0.2) is 0 Å². The molecule has 2 heterocycles. The maximum Gasteiger partial charge on any atom is 0.257 e. The van der Waals surface area contributed by atoms with Gasteiger partial charge in [-0.1, -0.05) is 59.6 Å². The highest BCUT2D eigenvalue weighted by atomic mass is 35.5. The number of carbonyl (C=O) groups excluding carboxylic acids is 1. The van der Waals surface area contributed by atoms with Crippen molar-refractivity contribution in [1.82, 2.24) is 4.98 Å². The minimum absolute atomic E-state index is 0.338. The highest BCUT2D eigenvalue weighted by molar-refractivity contribution is 7.15. The average Bonchev–Trinajstić information content (AvgIpc) is 3.30. The Kier molecular flexibility index (Phi) is 7.11. The third-order valence-corrected chi connectivity index (χ3v) is 7.20. The first-order valence-corrected chi connectivity index (χ1v) is 13.0. The van der Waals surface area contributed by atoms with Crippen molar-refractivity contribution in [3.63, 3.8) is 0 Å². The Balaban J connectivity index is 1.55. The number of rotatable bonds is 6. The van der Waals surface area contributed by atoms with E-state index in [1.807, 2.05) is 55.5 Å². The van der Waals surface area contributed by atoms with Gasteiger partial charge in [-0.3, -0.25) is 4.79 Å². The molecule has 0 fully saturated rings. The summed E-state index contributed by atoms with van der Waals surface area (Å²) in [5.41, 5.74) is 4.26. The van der Waals surface area contributed by atoms with Crippen LogP contribution in [0.25, 0.3) is 33.3 Å². The van der Waals surface area contributed by atoms with Crippen LogP contribution in [0.5, 0.6) is 5.75 Å². The Labute approximate surface area is 227 Å². The van der Waals surface area contributed by atoms with E-state index in [1.54, 1.807) is 29.6 Å². The quantitative estimate of drug-likeness (QED) is 0.233. The lowest BCUT2D eigenvalue weighted by Gasteiger charge is -2.11. The van der Waals surface area contributed by atoms with Gasteiger partial charge in [-0.25, -0.2) is 4.98 Å². The number of anilines is 1. The molecule has 0 unspecified atom stereocenters. The van der Waals surface area contributed by atoms with Gasteiger partial charge in [-0.2, -0.15) is 5.26 Å². The van der Waals surface area contributed by atoms with E-state index in [4.69, 9.17) is 32.9 Å². The van der Waals surface area contributed by atoms with Gasteiger partial charge in [0.2, 0.25) is 0 Å². The third-order valence-electron chi connectivity index (χ3n) is 5.75. The first-order valence-electron chi connectivity index (χ1n) is 11.4. The largest absolute Gasteiger partial charge is 0.494 e. The molecular weight excluding hydrogens is 525 g/mol. The van der Waals surface area contributed by atoms with E-state index in [0.29, 0.717) is 60.5 Å². The number of aromatic nitrogens is 1. The van der Waals surface area contributed by atoms with E-state index in [-0.39, 0.29) is 5.91 Å². The Morgan fingerprint density at radius 2 is 1.89 bits per heavy atom. The summed E-state index contributed by atoms with van der Waals surface area (Å²) in [6.07, 6.45) is 0. The topological polar surface area (TPSA) is 75.0 Å². The average molecular weight is 544 g/mol.